The fourth-order valence-corrected chi connectivity index (χ4v) is 3.10. The first-order valence-electron chi connectivity index (χ1n) is 8.07. The lowest BCUT2D eigenvalue weighted by atomic mass is 9.94. The van der Waals surface area contributed by atoms with E-state index in [1.807, 2.05) is 18.2 Å². The van der Waals surface area contributed by atoms with Gasteiger partial charge in [0.25, 0.3) is 0 Å². The third kappa shape index (κ3) is 4.56. The average Bonchev–Trinajstić information content (AvgIpc) is 2.52. The molecule has 0 spiro atoms. The molecule has 3 nitrogen and oxygen atoms in total. The minimum absolute atomic E-state index is 0.389. The van der Waals surface area contributed by atoms with Crippen LogP contribution in [0.25, 0.3) is 0 Å². The van der Waals surface area contributed by atoms with Crippen molar-refractivity contribution in [2.24, 2.45) is 5.92 Å². The van der Waals surface area contributed by atoms with Gasteiger partial charge in [0.1, 0.15) is 0 Å². The van der Waals surface area contributed by atoms with Crippen molar-refractivity contribution in [1.29, 1.82) is 5.26 Å². The Bertz CT molecular complexity index is 489. The van der Waals surface area contributed by atoms with Gasteiger partial charge in [-0.05, 0) is 56.5 Å². The molecule has 2 rings (SSSR count). The Morgan fingerprint density at radius 3 is 2.90 bits per heavy atom. The molecule has 1 aliphatic heterocycles. The minimum atomic E-state index is 0.389. The molecule has 21 heavy (non-hydrogen) atoms. The Morgan fingerprint density at radius 2 is 2.19 bits per heavy atom. The molecular formula is C18H27N3. The lowest BCUT2D eigenvalue weighted by Gasteiger charge is -2.37. The maximum Gasteiger partial charge on any atom is 0.0991 e. The lowest BCUT2D eigenvalue weighted by Crippen LogP contribution is -2.42. The lowest BCUT2D eigenvalue weighted by molar-refractivity contribution is 0.129. The summed E-state index contributed by atoms with van der Waals surface area (Å²) in [5.74, 6) is 0.739. The van der Waals surface area contributed by atoms with E-state index in [0.717, 1.165) is 31.1 Å². The highest BCUT2D eigenvalue weighted by Crippen LogP contribution is 2.26. The topological polar surface area (TPSA) is 39.1 Å². The van der Waals surface area contributed by atoms with E-state index in [4.69, 9.17) is 5.26 Å². The molecule has 0 bridgehead atoms. The predicted molar refractivity (Wildman–Crippen MR) is 87.0 cm³/mol. The number of nitrogens with one attached hydrogen (secondary N) is 1. The number of nitrogens with zero attached hydrogens (tertiary/aromatic N) is 2. The maximum absolute atomic E-state index is 9.05. The number of rotatable bonds is 5. The molecule has 3 heteroatoms. The van der Waals surface area contributed by atoms with Crippen LogP contribution in [0.15, 0.2) is 24.3 Å². The van der Waals surface area contributed by atoms with Crippen LogP contribution in [-0.2, 0) is 0 Å². The smallest absolute Gasteiger partial charge is 0.0991 e. The Hall–Kier alpha value is -1.37. The molecule has 0 aliphatic carbocycles. The third-order valence-electron chi connectivity index (χ3n) is 4.41. The highest BCUT2D eigenvalue weighted by Gasteiger charge is 2.24. The van der Waals surface area contributed by atoms with Gasteiger partial charge in [-0.15, -0.1) is 0 Å². The van der Waals surface area contributed by atoms with Gasteiger partial charge in [0, 0.05) is 18.6 Å². The number of nitriles is 1. The van der Waals surface area contributed by atoms with Gasteiger partial charge in [0.15, 0.2) is 0 Å². The number of hydrogen-bond donors (Lipinski definition) is 1. The Kier molecular flexibility index (Phi) is 5.78. The molecule has 0 radical (unpaired) electrons. The second kappa shape index (κ2) is 7.59. The van der Waals surface area contributed by atoms with Crippen molar-refractivity contribution in [1.82, 2.24) is 10.2 Å². The summed E-state index contributed by atoms with van der Waals surface area (Å²) in [6, 6.07) is 11.2. The van der Waals surface area contributed by atoms with Crippen molar-refractivity contribution in [2.75, 3.05) is 19.6 Å². The van der Waals surface area contributed by atoms with Crippen LogP contribution >= 0.6 is 0 Å². The Morgan fingerprint density at radius 1 is 1.38 bits per heavy atom. The Labute approximate surface area is 129 Å². The fourth-order valence-electron chi connectivity index (χ4n) is 3.10. The van der Waals surface area contributed by atoms with Crippen LogP contribution in [0, 0.1) is 17.2 Å². The molecule has 1 fully saturated rings. The first kappa shape index (κ1) is 16.0. The summed E-state index contributed by atoms with van der Waals surface area (Å²) in [6.45, 7) is 10.1. The van der Waals surface area contributed by atoms with E-state index in [2.05, 4.69) is 43.1 Å². The number of benzene rings is 1. The van der Waals surface area contributed by atoms with E-state index in [1.54, 1.807) is 0 Å². The van der Waals surface area contributed by atoms with Gasteiger partial charge in [0.2, 0.25) is 0 Å². The molecule has 2 unspecified atom stereocenters. The molecule has 1 heterocycles. The Balaban J connectivity index is 1.98. The summed E-state index contributed by atoms with van der Waals surface area (Å²) >= 11 is 0. The van der Waals surface area contributed by atoms with Crippen molar-refractivity contribution < 1.29 is 0 Å². The standard InChI is InChI=1S/C18H27N3/c1-14(2)20-12-17-7-5-9-21(13-17)15(3)18-8-4-6-16(10-18)11-19/h4,6,8,10,14-15,17,20H,5,7,9,12-13H2,1-3H3. The monoisotopic (exact) mass is 285 g/mol. The average molecular weight is 285 g/mol. The number of likely N-dealkylation sites (tertiary alicyclic amines) is 1. The van der Waals surface area contributed by atoms with Crippen molar-refractivity contribution >= 4 is 0 Å². The molecule has 1 saturated heterocycles. The van der Waals surface area contributed by atoms with Crippen molar-refractivity contribution in [3.05, 3.63) is 35.4 Å². The zero-order valence-corrected chi connectivity index (χ0v) is 13.5. The molecule has 1 aromatic rings. The summed E-state index contributed by atoms with van der Waals surface area (Å²) in [7, 11) is 0. The van der Waals surface area contributed by atoms with Gasteiger partial charge >= 0.3 is 0 Å². The molecule has 0 saturated carbocycles. The van der Waals surface area contributed by atoms with E-state index >= 15 is 0 Å². The second-order valence-electron chi connectivity index (χ2n) is 6.48. The second-order valence-corrected chi connectivity index (χ2v) is 6.48. The summed E-state index contributed by atoms with van der Waals surface area (Å²) < 4.78 is 0. The first-order valence-corrected chi connectivity index (χ1v) is 8.07. The van der Waals surface area contributed by atoms with Crippen molar-refractivity contribution in [3.8, 4) is 6.07 Å². The van der Waals surface area contributed by atoms with Gasteiger partial charge in [0.05, 0.1) is 11.6 Å². The summed E-state index contributed by atoms with van der Waals surface area (Å²) in [6.07, 6.45) is 2.59. The van der Waals surface area contributed by atoms with E-state index in [9.17, 15) is 0 Å². The van der Waals surface area contributed by atoms with Crippen LogP contribution in [-0.4, -0.2) is 30.6 Å². The third-order valence-corrected chi connectivity index (χ3v) is 4.41. The van der Waals surface area contributed by atoms with Crippen LogP contribution in [0.3, 0.4) is 0 Å². The molecule has 1 aliphatic rings. The van der Waals surface area contributed by atoms with Gasteiger partial charge in [-0.3, -0.25) is 4.90 Å². The van der Waals surface area contributed by atoms with Gasteiger partial charge in [-0.2, -0.15) is 5.26 Å². The number of piperidine rings is 1. The first-order chi connectivity index (χ1) is 10.1. The molecule has 1 N–H and O–H groups in total. The van der Waals surface area contributed by atoms with Gasteiger partial charge in [-0.1, -0.05) is 26.0 Å². The normalized spacial score (nSPS) is 21.2. The van der Waals surface area contributed by atoms with E-state index in [1.165, 1.54) is 18.4 Å². The predicted octanol–water partition coefficient (Wildman–Crippen LogP) is 3.33. The quantitative estimate of drug-likeness (QED) is 0.902. The molecule has 114 valence electrons. The summed E-state index contributed by atoms with van der Waals surface area (Å²) in [4.78, 5) is 2.56. The molecule has 2 atom stereocenters. The van der Waals surface area contributed by atoms with E-state index < -0.39 is 0 Å². The molecule has 0 amide bonds. The van der Waals surface area contributed by atoms with Crippen LogP contribution in [0.1, 0.15) is 50.8 Å². The molecule has 0 aromatic heterocycles. The SMILES string of the molecule is CC(C)NCC1CCCN(C(C)c2cccc(C#N)c2)C1. The fraction of sp³-hybridized carbons (Fsp3) is 0.611. The highest BCUT2D eigenvalue weighted by atomic mass is 15.2. The van der Waals surface area contributed by atoms with E-state index in [-0.39, 0.29) is 0 Å². The van der Waals surface area contributed by atoms with Crippen LogP contribution in [0.5, 0.6) is 0 Å². The van der Waals surface area contributed by atoms with Crippen LogP contribution < -0.4 is 5.32 Å². The zero-order valence-electron chi connectivity index (χ0n) is 13.5. The summed E-state index contributed by atoms with van der Waals surface area (Å²) in [5.41, 5.74) is 2.01. The zero-order chi connectivity index (χ0) is 15.2. The molecular weight excluding hydrogens is 258 g/mol. The van der Waals surface area contributed by atoms with Crippen LogP contribution in [0.4, 0.5) is 0 Å². The number of hydrogen-bond acceptors (Lipinski definition) is 3. The largest absolute Gasteiger partial charge is 0.314 e. The maximum atomic E-state index is 9.05. The van der Waals surface area contributed by atoms with Crippen LogP contribution in [0.2, 0.25) is 0 Å². The van der Waals surface area contributed by atoms with E-state index in [0.29, 0.717) is 12.1 Å². The molecule has 1 aromatic carbocycles. The summed E-state index contributed by atoms with van der Waals surface area (Å²) in [5, 5.41) is 12.6. The van der Waals surface area contributed by atoms with Gasteiger partial charge < -0.3 is 5.32 Å². The van der Waals surface area contributed by atoms with Crippen molar-refractivity contribution in [3.63, 3.8) is 0 Å². The van der Waals surface area contributed by atoms with Gasteiger partial charge in [-0.25, -0.2) is 0 Å². The minimum Gasteiger partial charge on any atom is -0.314 e. The highest BCUT2D eigenvalue weighted by molar-refractivity contribution is 5.34. The van der Waals surface area contributed by atoms with Crippen molar-refractivity contribution in [2.45, 2.75) is 45.7 Å².